The van der Waals surface area contributed by atoms with E-state index in [0.717, 1.165) is 16.5 Å². The van der Waals surface area contributed by atoms with Gasteiger partial charge in [-0.2, -0.15) is 0 Å². The van der Waals surface area contributed by atoms with Gasteiger partial charge in [0.1, 0.15) is 11.2 Å². The first kappa shape index (κ1) is 24.8. The Labute approximate surface area is 186 Å². The van der Waals surface area contributed by atoms with Gasteiger partial charge in [0, 0.05) is 37.5 Å². The van der Waals surface area contributed by atoms with Crippen LogP contribution in [0.4, 0.5) is 4.79 Å². The minimum Gasteiger partial charge on any atom is -0.464 e. The van der Waals surface area contributed by atoms with E-state index in [4.69, 9.17) is 9.15 Å². The fraction of sp³-hybridized carbons (Fsp3) is 0.600. The summed E-state index contributed by atoms with van der Waals surface area (Å²) in [5.74, 6) is 0.359. The van der Waals surface area contributed by atoms with Crippen LogP contribution in [0, 0.1) is 11.8 Å². The van der Waals surface area contributed by atoms with Crippen molar-refractivity contribution in [1.82, 2.24) is 9.80 Å². The van der Waals surface area contributed by atoms with Crippen LogP contribution in [0.2, 0.25) is 0 Å². The first-order valence-corrected chi connectivity index (χ1v) is 11.2. The Morgan fingerprint density at radius 1 is 1.03 bits per heavy atom. The number of hydrogen-bond acceptors (Lipinski definition) is 4. The van der Waals surface area contributed by atoms with Gasteiger partial charge >= 0.3 is 6.09 Å². The van der Waals surface area contributed by atoms with Crippen LogP contribution in [-0.4, -0.2) is 47.0 Å². The van der Waals surface area contributed by atoms with Crippen LogP contribution in [0.5, 0.6) is 0 Å². The number of carbonyl (C=O) groups is 2. The summed E-state index contributed by atoms with van der Waals surface area (Å²) < 4.78 is 11.0. The number of benzene rings is 1. The van der Waals surface area contributed by atoms with E-state index >= 15 is 0 Å². The Bertz CT molecular complexity index is 864. The molecule has 0 fully saturated rings. The molecule has 0 radical (unpaired) electrons. The first-order valence-electron chi connectivity index (χ1n) is 11.2. The summed E-state index contributed by atoms with van der Waals surface area (Å²) in [6, 6.07) is 7.93. The fourth-order valence-corrected chi connectivity index (χ4v) is 3.44. The molecule has 0 saturated carbocycles. The second-order valence-electron chi connectivity index (χ2n) is 9.88. The predicted molar refractivity (Wildman–Crippen MR) is 124 cm³/mol. The van der Waals surface area contributed by atoms with Crippen molar-refractivity contribution in [2.24, 2.45) is 11.8 Å². The van der Waals surface area contributed by atoms with Crippen molar-refractivity contribution in [2.75, 3.05) is 19.6 Å². The molecule has 31 heavy (non-hydrogen) atoms. The van der Waals surface area contributed by atoms with E-state index < -0.39 is 5.60 Å². The van der Waals surface area contributed by atoms with Gasteiger partial charge in [-0.15, -0.1) is 0 Å². The average molecular weight is 431 g/mol. The number of carbonyl (C=O) groups excluding carboxylic acids is 2. The van der Waals surface area contributed by atoms with Gasteiger partial charge in [-0.25, -0.2) is 4.79 Å². The van der Waals surface area contributed by atoms with Crippen LogP contribution in [0.25, 0.3) is 11.0 Å². The van der Waals surface area contributed by atoms with Crippen molar-refractivity contribution in [3.63, 3.8) is 0 Å². The molecule has 2 amide bonds. The lowest BCUT2D eigenvalue weighted by atomic mass is 10.1. The predicted octanol–water partition coefficient (Wildman–Crippen LogP) is 5.70. The molecule has 0 spiro atoms. The second-order valence-corrected chi connectivity index (χ2v) is 9.88. The van der Waals surface area contributed by atoms with Gasteiger partial charge in [0.25, 0.3) is 0 Å². The Balaban J connectivity index is 2.05. The van der Waals surface area contributed by atoms with Crippen LogP contribution >= 0.6 is 0 Å². The quantitative estimate of drug-likeness (QED) is 0.512. The molecule has 0 atom stereocenters. The van der Waals surface area contributed by atoms with Crippen LogP contribution < -0.4 is 0 Å². The van der Waals surface area contributed by atoms with E-state index in [1.807, 2.05) is 57.7 Å². The minimum absolute atomic E-state index is 0.0877. The maximum absolute atomic E-state index is 12.8. The molecule has 0 saturated heterocycles. The smallest absolute Gasteiger partial charge is 0.410 e. The van der Waals surface area contributed by atoms with Crippen LogP contribution in [-0.2, 0) is 16.1 Å². The molecule has 1 aromatic heterocycles. The van der Waals surface area contributed by atoms with Crippen molar-refractivity contribution >= 4 is 23.0 Å². The van der Waals surface area contributed by atoms with E-state index in [0.29, 0.717) is 38.5 Å². The molecule has 0 bridgehead atoms. The fourth-order valence-electron chi connectivity index (χ4n) is 3.44. The number of fused-ring (bicyclic) bond motifs is 1. The zero-order valence-corrected chi connectivity index (χ0v) is 20.1. The molecule has 6 heteroatoms. The van der Waals surface area contributed by atoms with Gasteiger partial charge in [-0.3, -0.25) is 4.79 Å². The number of amides is 2. The summed E-state index contributed by atoms with van der Waals surface area (Å²) in [6.07, 6.45) is 2.07. The van der Waals surface area contributed by atoms with E-state index in [1.165, 1.54) is 0 Å². The van der Waals surface area contributed by atoms with E-state index in [1.54, 1.807) is 11.2 Å². The lowest BCUT2D eigenvalue weighted by Gasteiger charge is -2.30. The lowest BCUT2D eigenvalue weighted by molar-refractivity contribution is -0.135. The summed E-state index contributed by atoms with van der Waals surface area (Å²) >= 11 is 0. The minimum atomic E-state index is -0.530. The van der Waals surface area contributed by atoms with Crippen molar-refractivity contribution in [2.45, 2.75) is 67.0 Å². The van der Waals surface area contributed by atoms with Gasteiger partial charge in [-0.05, 0) is 56.9 Å². The molecule has 0 unspecified atom stereocenters. The van der Waals surface area contributed by atoms with Gasteiger partial charge in [0.05, 0.1) is 6.26 Å². The zero-order chi connectivity index (χ0) is 23.2. The molecule has 1 heterocycles. The molecule has 0 aliphatic rings. The number of hydrogen-bond donors (Lipinski definition) is 0. The lowest BCUT2D eigenvalue weighted by Crippen LogP contribution is -2.41. The molecule has 0 N–H and O–H groups in total. The monoisotopic (exact) mass is 430 g/mol. The summed E-state index contributed by atoms with van der Waals surface area (Å²) in [5, 5.41) is 1.03. The van der Waals surface area contributed by atoms with Crippen molar-refractivity contribution in [3.05, 3.63) is 36.1 Å². The number of ether oxygens (including phenoxy) is 1. The molecule has 1 aromatic carbocycles. The molecule has 2 aromatic rings. The Kier molecular flexibility index (Phi) is 8.54. The molecular weight excluding hydrogens is 392 g/mol. The zero-order valence-electron chi connectivity index (χ0n) is 20.1. The molecule has 0 aliphatic carbocycles. The SMILES string of the molecule is CC(C)CN(CCCN(Cc1ccc2occc2c1)C(=O)C(C)C)C(=O)OC(C)(C)C. The Hall–Kier alpha value is -2.50. The molecule has 6 nitrogen and oxygen atoms in total. The maximum atomic E-state index is 12.8. The van der Waals surface area contributed by atoms with Gasteiger partial charge in [0.2, 0.25) is 5.91 Å². The summed E-state index contributed by atoms with van der Waals surface area (Å²) in [7, 11) is 0. The number of rotatable bonds is 9. The number of nitrogens with zero attached hydrogens (tertiary/aromatic N) is 2. The number of furan rings is 1. The molecule has 0 aliphatic heterocycles. The van der Waals surface area contributed by atoms with Crippen molar-refractivity contribution < 1.29 is 18.7 Å². The average Bonchev–Trinajstić information content (AvgIpc) is 3.11. The van der Waals surface area contributed by atoms with Gasteiger partial charge in [0.15, 0.2) is 0 Å². The standard InChI is InChI=1S/C25H38N2O4/c1-18(2)16-27(24(29)31-25(5,6)7)13-8-12-26(23(28)19(3)4)17-20-9-10-22-21(15-20)11-14-30-22/h9-11,14-15,18-19H,8,12-13,16-17H2,1-7H3. The van der Waals surface area contributed by atoms with E-state index in [9.17, 15) is 9.59 Å². The van der Waals surface area contributed by atoms with Crippen LogP contribution in [0.3, 0.4) is 0 Å². The molecule has 2 rings (SSSR count). The van der Waals surface area contributed by atoms with E-state index in [2.05, 4.69) is 19.9 Å². The molecule has 172 valence electrons. The third-order valence-electron chi connectivity index (χ3n) is 4.79. The van der Waals surface area contributed by atoms with Crippen molar-refractivity contribution in [1.29, 1.82) is 0 Å². The summed E-state index contributed by atoms with van der Waals surface area (Å²) in [5.41, 5.74) is 1.37. The Morgan fingerprint density at radius 3 is 2.32 bits per heavy atom. The van der Waals surface area contributed by atoms with Crippen molar-refractivity contribution in [3.8, 4) is 0 Å². The second kappa shape index (κ2) is 10.7. The van der Waals surface area contributed by atoms with Gasteiger partial charge in [-0.1, -0.05) is 33.8 Å². The van der Waals surface area contributed by atoms with Crippen LogP contribution in [0.1, 0.15) is 60.5 Å². The Morgan fingerprint density at radius 2 is 1.71 bits per heavy atom. The highest BCUT2D eigenvalue weighted by Gasteiger charge is 2.23. The topological polar surface area (TPSA) is 63.0 Å². The third-order valence-corrected chi connectivity index (χ3v) is 4.79. The largest absolute Gasteiger partial charge is 0.464 e. The summed E-state index contributed by atoms with van der Waals surface area (Å²) in [6.45, 7) is 15.9. The molecular formula is C25H38N2O4. The maximum Gasteiger partial charge on any atom is 0.410 e. The van der Waals surface area contributed by atoms with Gasteiger partial charge < -0.3 is 19.0 Å². The highest BCUT2D eigenvalue weighted by Crippen LogP contribution is 2.19. The highest BCUT2D eigenvalue weighted by atomic mass is 16.6. The summed E-state index contributed by atoms with van der Waals surface area (Å²) in [4.78, 5) is 29.1. The normalized spacial score (nSPS) is 11.9. The van der Waals surface area contributed by atoms with E-state index in [-0.39, 0.29) is 17.9 Å². The highest BCUT2D eigenvalue weighted by molar-refractivity contribution is 5.79. The van der Waals surface area contributed by atoms with Crippen LogP contribution in [0.15, 0.2) is 34.9 Å². The first-order chi connectivity index (χ1) is 14.5. The third kappa shape index (κ3) is 7.93.